The number of halogens is 1. The van der Waals surface area contributed by atoms with Crippen LogP contribution in [-0.2, 0) is 18.3 Å². The molecular weight excluding hydrogens is 492 g/mol. The van der Waals surface area contributed by atoms with Crippen molar-refractivity contribution in [2.75, 3.05) is 19.1 Å². The summed E-state index contributed by atoms with van der Waals surface area (Å²) < 4.78 is 28.2. The van der Waals surface area contributed by atoms with E-state index < -0.39 is 27.8 Å². The lowest BCUT2D eigenvalue weighted by Crippen LogP contribution is -2.67. The molecule has 0 amide bonds. The predicted octanol–water partition coefficient (Wildman–Crippen LogP) is 7.46. The summed E-state index contributed by atoms with van der Waals surface area (Å²) in [7, 11) is -4.03. The highest BCUT2D eigenvalue weighted by atomic mass is 35.5. The minimum absolute atomic E-state index is 0.0643. The summed E-state index contributed by atoms with van der Waals surface area (Å²) >= 11 is 6.25. The van der Waals surface area contributed by atoms with Crippen LogP contribution < -0.4 is 0 Å². The van der Waals surface area contributed by atoms with E-state index in [0.717, 1.165) is 12.8 Å². The second-order valence-electron chi connectivity index (χ2n) is 14.6. The summed E-state index contributed by atoms with van der Waals surface area (Å²) in [6.07, 6.45) is 10.8. The summed E-state index contributed by atoms with van der Waals surface area (Å²) in [5, 5.41) is 0.254. The van der Waals surface area contributed by atoms with Crippen molar-refractivity contribution in [2.24, 2.45) is 10.8 Å². The largest absolute Gasteiger partial charge is 0.416 e. The maximum Gasteiger partial charge on any atom is 0.192 e. The van der Waals surface area contributed by atoms with Gasteiger partial charge in [-0.2, -0.15) is 0 Å². The fourth-order valence-corrected chi connectivity index (χ4v) is 8.63. The quantitative estimate of drug-likeness (QED) is 0.173. The molecule has 4 aliphatic heterocycles. The molecule has 7 heteroatoms. The fourth-order valence-electron chi connectivity index (χ4n) is 6.45. The van der Waals surface area contributed by atoms with Gasteiger partial charge >= 0.3 is 0 Å². The first kappa shape index (κ1) is 28.1. The predicted molar refractivity (Wildman–Crippen MR) is 150 cm³/mol. The molecule has 4 rings (SSSR count). The van der Waals surface area contributed by atoms with Gasteiger partial charge in [0.2, 0.25) is 0 Å². The van der Waals surface area contributed by atoms with Crippen LogP contribution in [0.5, 0.6) is 0 Å². The molecule has 0 radical (unpaired) electrons. The Morgan fingerprint density at radius 2 is 1.29 bits per heavy atom. The number of alkyl halides is 1. The average molecular weight is 541 g/mol. The van der Waals surface area contributed by atoms with Gasteiger partial charge in [-0.05, 0) is 56.0 Å². The number of rotatable bonds is 9. The molecule has 0 N–H and O–H groups in total. The molecule has 4 bridgehead atoms. The van der Waals surface area contributed by atoms with Gasteiger partial charge in [-0.3, -0.25) is 0 Å². The maximum absolute atomic E-state index is 7.10. The third kappa shape index (κ3) is 3.64. The first-order chi connectivity index (χ1) is 15.8. The molecular formula is C28H49ClO4Si2. The van der Waals surface area contributed by atoms with Crippen molar-refractivity contribution in [2.45, 2.75) is 121 Å². The molecule has 0 aromatic heterocycles. The molecule has 0 aromatic rings. The van der Waals surface area contributed by atoms with Crippen LogP contribution in [0.25, 0.3) is 0 Å². The van der Waals surface area contributed by atoms with Gasteiger partial charge in [-0.1, -0.05) is 65.8 Å². The molecule has 6 atom stereocenters. The molecule has 0 aliphatic carbocycles. The van der Waals surface area contributed by atoms with Gasteiger partial charge in [0.25, 0.3) is 0 Å². The van der Waals surface area contributed by atoms with Crippen molar-refractivity contribution in [3.8, 4) is 0 Å². The molecule has 4 heterocycles. The smallest absolute Gasteiger partial charge is 0.192 e. The van der Waals surface area contributed by atoms with Gasteiger partial charge in [0.15, 0.2) is 16.6 Å². The van der Waals surface area contributed by atoms with E-state index in [9.17, 15) is 0 Å². The number of fused-ring (bicyclic) bond motifs is 9. The van der Waals surface area contributed by atoms with Crippen LogP contribution in [0, 0.1) is 10.8 Å². The zero-order chi connectivity index (χ0) is 26.3. The molecule has 0 aromatic carbocycles. The Kier molecular flexibility index (Phi) is 6.63. The standard InChI is InChI=1S/C28H49ClO4Si2/c1-23(2,3)34(8,9)30-19-27-21-14-17-26(33-21,15-12-18-29)28(27,22-13-16-25(27,7)32-22)20-31-35(10,11)24(4,5)6/h13-14,16-17,21-22H,12,15,18-20H2,1-11H3/t21-,22-,25+,26+,27+,28+/m1/s1. The van der Waals surface area contributed by atoms with Crippen molar-refractivity contribution in [3.63, 3.8) is 0 Å². The lowest BCUT2D eigenvalue weighted by molar-refractivity contribution is -0.0973. The maximum atomic E-state index is 7.10. The highest BCUT2D eigenvalue weighted by Crippen LogP contribution is 2.76. The van der Waals surface area contributed by atoms with Crippen LogP contribution in [0.3, 0.4) is 0 Å². The Balaban J connectivity index is 1.84. The van der Waals surface area contributed by atoms with Crippen molar-refractivity contribution < 1.29 is 18.3 Å². The van der Waals surface area contributed by atoms with Gasteiger partial charge in [0.1, 0.15) is 0 Å². The number of ether oxygens (including phenoxy) is 2. The molecule has 2 fully saturated rings. The van der Waals surface area contributed by atoms with Crippen LogP contribution in [-0.4, -0.2) is 59.1 Å². The molecule has 35 heavy (non-hydrogen) atoms. The van der Waals surface area contributed by atoms with E-state index in [4.69, 9.17) is 29.9 Å². The highest BCUT2D eigenvalue weighted by Gasteiger charge is 2.86. The molecule has 200 valence electrons. The average Bonchev–Trinajstić information content (AvgIpc) is 3.43. The Morgan fingerprint density at radius 3 is 1.80 bits per heavy atom. The Bertz CT molecular complexity index is 904. The number of hydrogen-bond donors (Lipinski definition) is 0. The third-order valence-corrected chi connectivity index (χ3v) is 20.1. The van der Waals surface area contributed by atoms with Crippen LogP contribution in [0.15, 0.2) is 24.3 Å². The molecule has 4 nitrogen and oxygen atoms in total. The van der Waals surface area contributed by atoms with Crippen LogP contribution >= 0.6 is 11.6 Å². The van der Waals surface area contributed by atoms with Crippen molar-refractivity contribution in [3.05, 3.63) is 24.3 Å². The van der Waals surface area contributed by atoms with Gasteiger partial charge in [-0.25, -0.2) is 0 Å². The summed E-state index contributed by atoms with van der Waals surface area (Å²) in [5.41, 5.74) is -1.63. The topological polar surface area (TPSA) is 36.9 Å². The summed E-state index contributed by atoms with van der Waals surface area (Å²) in [6.45, 7) is 26.7. The van der Waals surface area contributed by atoms with E-state index in [0.29, 0.717) is 19.1 Å². The first-order valence-electron chi connectivity index (χ1n) is 13.4. The Hall–Kier alpha value is 0.0438. The summed E-state index contributed by atoms with van der Waals surface area (Å²) in [5.74, 6) is 0.620. The van der Waals surface area contributed by atoms with Gasteiger partial charge in [-0.15, -0.1) is 11.6 Å². The van der Waals surface area contributed by atoms with E-state index in [2.05, 4.69) is 99.0 Å². The minimum atomic E-state index is -2.02. The highest BCUT2D eigenvalue weighted by molar-refractivity contribution is 6.74. The normalized spacial score (nSPS) is 40.2. The van der Waals surface area contributed by atoms with E-state index in [1.165, 1.54) is 0 Å². The van der Waals surface area contributed by atoms with E-state index >= 15 is 0 Å². The van der Waals surface area contributed by atoms with Gasteiger partial charge < -0.3 is 18.3 Å². The van der Waals surface area contributed by atoms with Crippen LogP contribution in [0.4, 0.5) is 0 Å². The van der Waals surface area contributed by atoms with E-state index in [-0.39, 0.29) is 33.1 Å². The summed E-state index contributed by atoms with van der Waals surface area (Å²) in [4.78, 5) is 0. The number of hydrogen-bond acceptors (Lipinski definition) is 4. The SMILES string of the molecule is CC(C)(C)[Si](C)(C)OC[C@@]12[C@H]3C=C[C@](C)(O3)[C@]1(CO[Si](C)(C)C(C)(C)C)[C@H]1C=C[C@]2(CCCCl)O1. The first-order valence-corrected chi connectivity index (χ1v) is 19.8. The van der Waals surface area contributed by atoms with Crippen LogP contribution in [0.1, 0.15) is 61.3 Å². The summed E-state index contributed by atoms with van der Waals surface area (Å²) in [6, 6.07) is 0. The Morgan fingerprint density at radius 1 is 0.800 bits per heavy atom. The molecule has 0 saturated carbocycles. The van der Waals surface area contributed by atoms with Gasteiger partial charge in [0, 0.05) is 19.1 Å². The third-order valence-electron chi connectivity index (χ3n) is 10.9. The van der Waals surface area contributed by atoms with Gasteiger partial charge in [0.05, 0.1) is 34.2 Å². The molecule has 0 spiro atoms. The fraction of sp³-hybridized carbons (Fsp3) is 0.857. The lowest BCUT2D eigenvalue weighted by atomic mass is 9.46. The van der Waals surface area contributed by atoms with Crippen molar-refractivity contribution >= 4 is 28.2 Å². The monoisotopic (exact) mass is 540 g/mol. The minimum Gasteiger partial charge on any atom is -0.416 e. The van der Waals surface area contributed by atoms with Crippen LogP contribution in [0.2, 0.25) is 36.3 Å². The van der Waals surface area contributed by atoms with Crippen molar-refractivity contribution in [1.82, 2.24) is 0 Å². The zero-order valence-corrected chi connectivity index (χ0v) is 26.8. The zero-order valence-electron chi connectivity index (χ0n) is 24.0. The van der Waals surface area contributed by atoms with E-state index in [1.54, 1.807) is 0 Å². The second kappa shape index (κ2) is 8.27. The lowest BCUT2D eigenvalue weighted by Gasteiger charge is -2.56. The molecule has 2 saturated heterocycles. The van der Waals surface area contributed by atoms with Crippen molar-refractivity contribution in [1.29, 1.82) is 0 Å². The Labute approximate surface area is 221 Å². The van der Waals surface area contributed by atoms with E-state index in [1.807, 2.05) is 0 Å². The molecule has 0 unspecified atom stereocenters. The second-order valence-corrected chi connectivity index (χ2v) is 24.6. The molecule has 4 aliphatic rings.